The van der Waals surface area contributed by atoms with Gasteiger partial charge in [0.2, 0.25) is 5.91 Å². The molecular formula is C21H19F3N2O2S. The zero-order chi connectivity index (χ0) is 20.8. The molecule has 0 saturated heterocycles. The van der Waals surface area contributed by atoms with E-state index >= 15 is 0 Å². The Morgan fingerprint density at radius 3 is 2.66 bits per heavy atom. The maximum atomic E-state index is 14.5. The lowest BCUT2D eigenvalue weighted by Gasteiger charge is -2.45. The largest absolute Gasteiger partial charge is 0.493 e. The molecule has 2 heterocycles. The fraction of sp³-hybridized carbons (Fsp3) is 0.333. The van der Waals surface area contributed by atoms with E-state index in [4.69, 9.17) is 4.74 Å². The molecular weight excluding hydrogens is 401 g/mol. The Hall–Kier alpha value is -2.48. The number of rotatable bonds is 3. The Morgan fingerprint density at radius 1 is 1.24 bits per heavy atom. The predicted molar refractivity (Wildman–Crippen MR) is 105 cm³/mol. The van der Waals surface area contributed by atoms with Gasteiger partial charge in [-0.3, -0.25) is 4.79 Å². The number of carbonyl (C=O) groups is 1. The molecule has 4 nitrogen and oxygen atoms in total. The molecule has 0 aliphatic carbocycles. The predicted octanol–water partition coefficient (Wildman–Crippen LogP) is 5.02. The number of ether oxygens (including phenoxy) is 1. The normalized spacial score (nSPS) is 23.0. The molecule has 0 fully saturated rings. The van der Waals surface area contributed by atoms with Crippen LogP contribution < -0.4 is 4.74 Å². The molecule has 0 N–H and O–H groups in total. The molecule has 2 atom stereocenters. The van der Waals surface area contributed by atoms with Crippen LogP contribution in [0, 0.1) is 23.4 Å². The lowest BCUT2D eigenvalue weighted by Crippen LogP contribution is -2.50. The second kappa shape index (κ2) is 7.40. The van der Waals surface area contributed by atoms with Gasteiger partial charge in [0.15, 0.2) is 4.87 Å². The van der Waals surface area contributed by atoms with Crippen molar-refractivity contribution in [2.24, 2.45) is 11.0 Å². The third-order valence-corrected chi connectivity index (χ3v) is 6.71. The van der Waals surface area contributed by atoms with Gasteiger partial charge in [-0.1, -0.05) is 25.1 Å². The summed E-state index contributed by atoms with van der Waals surface area (Å²) in [7, 11) is 0. The quantitative estimate of drug-likeness (QED) is 0.700. The first kappa shape index (κ1) is 19.8. The number of hydrazone groups is 1. The van der Waals surface area contributed by atoms with Gasteiger partial charge in [0, 0.05) is 30.0 Å². The average molecular weight is 420 g/mol. The Bertz CT molecular complexity index is 1010. The molecule has 1 spiro atoms. The lowest BCUT2D eigenvalue weighted by molar-refractivity contribution is -0.134. The molecule has 0 unspecified atom stereocenters. The van der Waals surface area contributed by atoms with Crippen molar-refractivity contribution in [2.45, 2.75) is 31.6 Å². The molecule has 2 aromatic carbocycles. The highest BCUT2D eigenvalue weighted by Gasteiger charge is 2.56. The summed E-state index contributed by atoms with van der Waals surface area (Å²) in [5, 5.41) is 5.96. The molecule has 0 aromatic heterocycles. The second-order valence-electron chi connectivity index (χ2n) is 7.10. The summed E-state index contributed by atoms with van der Waals surface area (Å²) in [5.41, 5.74) is 0.586. The maximum absolute atomic E-state index is 14.5. The van der Waals surface area contributed by atoms with Crippen LogP contribution in [0.1, 0.15) is 37.8 Å². The van der Waals surface area contributed by atoms with Crippen LogP contribution in [0.2, 0.25) is 0 Å². The highest BCUT2D eigenvalue weighted by molar-refractivity contribution is 8.15. The van der Waals surface area contributed by atoms with Crippen LogP contribution in [-0.2, 0) is 9.67 Å². The van der Waals surface area contributed by atoms with E-state index in [0.717, 1.165) is 18.6 Å². The number of hydrogen-bond acceptors (Lipinski definition) is 4. The molecule has 152 valence electrons. The van der Waals surface area contributed by atoms with Crippen LogP contribution in [0.3, 0.4) is 0 Å². The molecule has 2 aliphatic rings. The van der Waals surface area contributed by atoms with Crippen LogP contribution in [0.5, 0.6) is 5.75 Å². The van der Waals surface area contributed by atoms with Crippen molar-refractivity contribution in [3.8, 4) is 5.75 Å². The number of amides is 1. The Balaban J connectivity index is 1.90. The smallest absolute Gasteiger partial charge is 0.241 e. The molecule has 4 rings (SSSR count). The minimum absolute atomic E-state index is 0.0965. The average Bonchev–Trinajstić information content (AvgIpc) is 3.06. The van der Waals surface area contributed by atoms with E-state index in [1.54, 1.807) is 0 Å². The van der Waals surface area contributed by atoms with Crippen LogP contribution in [0.15, 0.2) is 41.5 Å². The topological polar surface area (TPSA) is 41.9 Å². The van der Waals surface area contributed by atoms with Crippen LogP contribution in [0.4, 0.5) is 13.2 Å². The first-order valence-corrected chi connectivity index (χ1v) is 10.1. The number of benzene rings is 2. The zero-order valence-corrected chi connectivity index (χ0v) is 16.7. The monoisotopic (exact) mass is 420 g/mol. The number of hydrogen-bond donors (Lipinski definition) is 0. The van der Waals surface area contributed by atoms with Crippen molar-refractivity contribution in [2.75, 3.05) is 6.61 Å². The van der Waals surface area contributed by atoms with Crippen molar-refractivity contribution in [3.05, 3.63) is 65.0 Å². The third-order valence-electron chi connectivity index (χ3n) is 5.18. The highest BCUT2D eigenvalue weighted by Crippen LogP contribution is 2.57. The van der Waals surface area contributed by atoms with Gasteiger partial charge in [0.05, 0.1) is 6.61 Å². The van der Waals surface area contributed by atoms with Gasteiger partial charge in [0.1, 0.15) is 28.2 Å². The first-order valence-electron chi connectivity index (χ1n) is 9.33. The van der Waals surface area contributed by atoms with Gasteiger partial charge in [-0.25, -0.2) is 18.2 Å². The summed E-state index contributed by atoms with van der Waals surface area (Å²) in [4.78, 5) is 11.5. The number of halogens is 3. The van der Waals surface area contributed by atoms with Gasteiger partial charge < -0.3 is 4.74 Å². The Kier molecular flexibility index (Phi) is 5.06. The van der Waals surface area contributed by atoms with Crippen LogP contribution >= 0.6 is 11.8 Å². The van der Waals surface area contributed by atoms with E-state index in [1.165, 1.54) is 48.0 Å². The van der Waals surface area contributed by atoms with Gasteiger partial charge in [-0.05, 0) is 36.8 Å². The number of fused-ring (bicyclic) bond motifs is 2. The Labute approximate surface area is 170 Å². The number of carbonyl (C=O) groups excluding carboxylic acids is 1. The van der Waals surface area contributed by atoms with Crippen molar-refractivity contribution in [1.82, 2.24) is 5.01 Å². The fourth-order valence-electron chi connectivity index (χ4n) is 3.94. The molecule has 0 bridgehead atoms. The summed E-state index contributed by atoms with van der Waals surface area (Å²) in [5.74, 6) is -2.01. The van der Waals surface area contributed by atoms with E-state index in [2.05, 4.69) is 5.10 Å². The van der Waals surface area contributed by atoms with Crippen molar-refractivity contribution >= 4 is 22.7 Å². The number of thioether (sulfide) groups is 1. The van der Waals surface area contributed by atoms with Crippen molar-refractivity contribution in [1.29, 1.82) is 0 Å². The van der Waals surface area contributed by atoms with E-state index in [9.17, 15) is 18.0 Å². The summed E-state index contributed by atoms with van der Waals surface area (Å²) >= 11 is 1.19. The fourth-order valence-corrected chi connectivity index (χ4v) is 5.51. The van der Waals surface area contributed by atoms with E-state index in [1.807, 2.05) is 6.92 Å². The highest BCUT2D eigenvalue weighted by atomic mass is 32.2. The van der Waals surface area contributed by atoms with Gasteiger partial charge in [0.25, 0.3) is 0 Å². The zero-order valence-electron chi connectivity index (χ0n) is 15.9. The van der Waals surface area contributed by atoms with Crippen LogP contribution in [-0.4, -0.2) is 22.6 Å². The SMILES string of the molecule is CCC[C@@H]1COc2ccc(F)cc2[C@@]12SC(c1ccc(F)cc1F)=NN2C(C)=O. The maximum Gasteiger partial charge on any atom is 0.241 e. The minimum Gasteiger partial charge on any atom is -0.493 e. The molecule has 2 aliphatic heterocycles. The molecule has 2 aromatic rings. The van der Waals surface area contributed by atoms with Crippen LogP contribution in [0.25, 0.3) is 0 Å². The molecule has 8 heteroatoms. The summed E-state index contributed by atoms with van der Waals surface area (Å²) in [6.45, 7) is 3.69. The van der Waals surface area contributed by atoms with E-state index in [-0.39, 0.29) is 22.4 Å². The van der Waals surface area contributed by atoms with Crippen molar-refractivity contribution in [3.63, 3.8) is 0 Å². The first-order chi connectivity index (χ1) is 13.9. The van der Waals surface area contributed by atoms with E-state index in [0.29, 0.717) is 24.3 Å². The lowest BCUT2D eigenvalue weighted by atomic mass is 9.86. The van der Waals surface area contributed by atoms with Crippen molar-refractivity contribution < 1.29 is 22.7 Å². The third kappa shape index (κ3) is 3.19. The molecule has 1 amide bonds. The number of nitrogens with zero attached hydrogens (tertiary/aromatic N) is 2. The minimum atomic E-state index is -1.06. The van der Waals surface area contributed by atoms with Gasteiger partial charge in [-0.2, -0.15) is 5.10 Å². The molecule has 0 radical (unpaired) electrons. The second-order valence-corrected chi connectivity index (χ2v) is 8.31. The van der Waals surface area contributed by atoms with Gasteiger partial charge >= 0.3 is 0 Å². The standard InChI is InChI=1S/C21H19F3N2O2S/c1-3-4-13-11-28-19-8-6-14(22)9-17(19)21(13)26(12(2)27)25-20(29-21)16-7-5-15(23)10-18(16)24/h5-10,13H,3-4,11H2,1-2H3/t13-,21+/m1/s1. The van der Waals surface area contributed by atoms with Gasteiger partial charge in [-0.15, -0.1) is 0 Å². The summed E-state index contributed by atoms with van der Waals surface area (Å²) in [6, 6.07) is 7.40. The summed E-state index contributed by atoms with van der Waals surface area (Å²) < 4.78 is 47.9. The summed E-state index contributed by atoms with van der Waals surface area (Å²) in [6.07, 6.45) is 1.51. The molecule has 29 heavy (non-hydrogen) atoms. The molecule has 0 saturated carbocycles. The van der Waals surface area contributed by atoms with E-state index < -0.39 is 22.3 Å². The Morgan fingerprint density at radius 2 is 1.97 bits per heavy atom.